The van der Waals surface area contributed by atoms with E-state index in [2.05, 4.69) is 5.10 Å². The van der Waals surface area contributed by atoms with E-state index in [0.717, 1.165) is 36.9 Å². The standard InChI is InChI=1S/C26H28N4O4S/c1-19-17-24(31)25(27-30(19)22-9-3-2-4-10-22)26(32)28-13-15-29(16-14-28)35(33,34)23-12-11-20-7-5-6-8-21(20)18-23/h2-4,9-12,17-18H,5-8,13-16H2,1H3. The van der Waals surface area contributed by atoms with Gasteiger partial charge in [0.25, 0.3) is 5.91 Å². The molecule has 0 unspecified atom stereocenters. The molecule has 1 amide bonds. The van der Waals surface area contributed by atoms with E-state index in [0.29, 0.717) is 10.6 Å². The first-order valence-electron chi connectivity index (χ1n) is 11.9. The van der Waals surface area contributed by atoms with Crippen LogP contribution < -0.4 is 5.43 Å². The summed E-state index contributed by atoms with van der Waals surface area (Å²) >= 11 is 0. The lowest BCUT2D eigenvalue weighted by atomic mass is 9.92. The minimum absolute atomic E-state index is 0.162. The fraction of sp³-hybridized carbons (Fsp3) is 0.346. The molecule has 1 fully saturated rings. The molecule has 8 nitrogen and oxygen atoms in total. The zero-order valence-corrected chi connectivity index (χ0v) is 20.5. The third-order valence-electron chi connectivity index (χ3n) is 6.79. The highest BCUT2D eigenvalue weighted by atomic mass is 32.2. The molecule has 0 saturated carbocycles. The molecule has 2 heterocycles. The first kappa shape index (κ1) is 23.4. The first-order valence-corrected chi connectivity index (χ1v) is 13.4. The van der Waals surface area contributed by atoms with Crippen molar-refractivity contribution in [3.63, 3.8) is 0 Å². The van der Waals surface area contributed by atoms with Crippen molar-refractivity contribution in [1.82, 2.24) is 19.0 Å². The summed E-state index contributed by atoms with van der Waals surface area (Å²) in [5.74, 6) is -0.481. The Morgan fingerprint density at radius 2 is 1.57 bits per heavy atom. The van der Waals surface area contributed by atoms with E-state index in [1.165, 1.54) is 20.8 Å². The van der Waals surface area contributed by atoms with Crippen LogP contribution in [0.1, 0.15) is 40.2 Å². The van der Waals surface area contributed by atoms with E-state index in [-0.39, 0.29) is 31.9 Å². The highest BCUT2D eigenvalue weighted by Gasteiger charge is 2.32. The topological polar surface area (TPSA) is 92.6 Å². The van der Waals surface area contributed by atoms with E-state index in [4.69, 9.17) is 0 Å². The molecule has 1 aliphatic carbocycles. The average Bonchev–Trinajstić information content (AvgIpc) is 2.88. The monoisotopic (exact) mass is 492 g/mol. The maximum Gasteiger partial charge on any atom is 0.278 e. The van der Waals surface area contributed by atoms with E-state index in [1.54, 1.807) is 17.7 Å². The Morgan fingerprint density at radius 1 is 0.886 bits per heavy atom. The summed E-state index contributed by atoms with van der Waals surface area (Å²) in [6.07, 6.45) is 4.12. The fourth-order valence-corrected chi connectivity index (χ4v) is 6.30. The van der Waals surface area contributed by atoms with Gasteiger partial charge in [-0.15, -0.1) is 0 Å². The Kier molecular flexibility index (Phi) is 6.29. The summed E-state index contributed by atoms with van der Waals surface area (Å²) in [7, 11) is -3.65. The molecule has 0 radical (unpaired) electrons. The van der Waals surface area contributed by atoms with Gasteiger partial charge in [0.2, 0.25) is 15.5 Å². The van der Waals surface area contributed by atoms with Crippen LogP contribution in [0.15, 0.2) is 64.3 Å². The molecule has 3 aromatic rings. The summed E-state index contributed by atoms with van der Waals surface area (Å²) in [6.45, 7) is 2.50. The molecule has 0 spiro atoms. The van der Waals surface area contributed by atoms with Crippen molar-refractivity contribution < 1.29 is 13.2 Å². The second kappa shape index (κ2) is 9.39. The number of carbonyl (C=O) groups is 1. The van der Waals surface area contributed by atoms with Gasteiger partial charge in [0.1, 0.15) is 0 Å². The van der Waals surface area contributed by atoms with Crippen LogP contribution >= 0.6 is 0 Å². The van der Waals surface area contributed by atoms with Crippen LogP contribution in [0, 0.1) is 6.92 Å². The van der Waals surface area contributed by atoms with Gasteiger partial charge in [0.15, 0.2) is 5.69 Å². The lowest BCUT2D eigenvalue weighted by Gasteiger charge is -2.34. The summed E-state index contributed by atoms with van der Waals surface area (Å²) in [5.41, 5.74) is 3.12. The van der Waals surface area contributed by atoms with Crippen molar-refractivity contribution in [1.29, 1.82) is 0 Å². The van der Waals surface area contributed by atoms with Gasteiger partial charge in [-0.05, 0) is 68.0 Å². The van der Waals surface area contributed by atoms with Crippen LogP contribution in [0.5, 0.6) is 0 Å². The molecule has 2 aliphatic rings. The highest BCUT2D eigenvalue weighted by Crippen LogP contribution is 2.26. The summed E-state index contributed by atoms with van der Waals surface area (Å²) in [5, 5.41) is 4.35. The van der Waals surface area contributed by atoms with Crippen LogP contribution in [-0.2, 0) is 22.9 Å². The molecule has 1 saturated heterocycles. The van der Waals surface area contributed by atoms with Crippen molar-refractivity contribution in [2.75, 3.05) is 26.2 Å². The number of amides is 1. The summed E-state index contributed by atoms with van der Waals surface area (Å²) in [6, 6.07) is 16.1. The minimum atomic E-state index is -3.65. The van der Waals surface area contributed by atoms with Gasteiger partial charge in [0, 0.05) is 37.9 Å². The maximum atomic E-state index is 13.3. The van der Waals surface area contributed by atoms with Crippen LogP contribution in [0.4, 0.5) is 0 Å². The van der Waals surface area contributed by atoms with E-state index >= 15 is 0 Å². The van der Waals surface area contributed by atoms with Gasteiger partial charge in [-0.1, -0.05) is 24.3 Å². The molecule has 9 heteroatoms. The average molecular weight is 493 g/mol. The molecule has 1 aliphatic heterocycles. The van der Waals surface area contributed by atoms with Crippen molar-refractivity contribution in [2.45, 2.75) is 37.5 Å². The van der Waals surface area contributed by atoms with E-state index in [9.17, 15) is 18.0 Å². The predicted molar refractivity (Wildman–Crippen MR) is 132 cm³/mol. The first-order chi connectivity index (χ1) is 16.8. The Bertz CT molecular complexity index is 1430. The molecule has 2 aromatic carbocycles. The third kappa shape index (κ3) is 4.53. The largest absolute Gasteiger partial charge is 0.334 e. The van der Waals surface area contributed by atoms with Gasteiger partial charge in [-0.25, -0.2) is 13.1 Å². The van der Waals surface area contributed by atoms with Crippen LogP contribution in [0.3, 0.4) is 0 Å². The van der Waals surface area contributed by atoms with Gasteiger partial charge >= 0.3 is 0 Å². The van der Waals surface area contributed by atoms with Crippen LogP contribution in [0.2, 0.25) is 0 Å². The van der Waals surface area contributed by atoms with Crippen molar-refractivity contribution in [2.24, 2.45) is 0 Å². The Hall–Kier alpha value is -3.30. The number of hydrogen-bond acceptors (Lipinski definition) is 5. The molecule has 0 N–H and O–H groups in total. The van der Waals surface area contributed by atoms with Gasteiger partial charge in [-0.3, -0.25) is 9.59 Å². The predicted octanol–water partition coefficient (Wildman–Crippen LogP) is 2.57. The normalized spacial score (nSPS) is 16.7. The van der Waals surface area contributed by atoms with Crippen molar-refractivity contribution in [3.8, 4) is 5.69 Å². The van der Waals surface area contributed by atoms with Crippen molar-refractivity contribution >= 4 is 15.9 Å². The van der Waals surface area contributed by atoms with Gasteiger partial charge < -0.3 is 4.90 Å². The number of rotatable bonds is 4. The molecule has 0 atom stereocenters. The quantitative estimate of drug-likeness (QED) is 0.558. The number of nitrogens with zero attached hydrogens (tertiary/aromatic N) is 4. The van der Waals surface area contributed by atoms with Crippen molar-refractivity contribution in [3.05, 3.63) is 87.3 Å². The van der Waals surface area contributed by atoms with Gasteiger partial charge in [-0.2, -0.15) is 9.40 Å². The summed E-state index contributed by atoms with van der Waals surface area (Å²) in [4.78, 5) is 27.6. The number of carbonyl (C=O) groups excluding carboxylic acids is 1. The van der Waals surface area contributed by atoms with Crippen LogP contribution in [-0.4, -0.2) is 59.5 Å². The van der Waals surface area contributed by atoms with Gasteiger partial charge in [0.05, 0.1) is 10.6 Å². The molecule has 182 valence electrons. The van der Waals surface area contributed by atoms with Crippen LogP contribution in [0.25, 0.3) is 5.69 Å². The molecular formula is C26H28N4O4S. The number of aromatic nitrogens is 2. The Labute approximate surface area is 204 Å². The smallest absolute Gasteiger partial charge is 0.278 e. The number of benzene rings is 2. The second-order valence-electron chi connectivity index (χ2n) is 9.08. The molecule has 0 bridgehead atoms. The highest BCUT2D eigenvalue weighted by molar-refractivity contribution is 7.89. The Balaban J connectivity index is 1.33. The van der Waals surface area contributed by atoms with E-state index in [1.807, 2.05) is 42.5 Å². The lowest BCUT2D eigenvalue weighted by Crippen LogP contribution is -2.51. The molecule has 35 heavy (non-hydrogen) atoms. The zero-order valence-electron chi connectivity index (χ0n) is 19.7. The zero-order chi connectivity index (χ0) is 24.6. The number of aryl methyl sites for hydroxylation is 3. The lowest BCUT2D eigenvalue weighted by molar-refractivity contribution is 0.0688. The Morgan fingerprint density at radius 3 is 2.29 bits per heavy atom. The second-order valence-corrected chi connectivity index (χ2v) is 11.0. The fourth-order valence-electron chi connectivity index (χ4n) is 4.83. The number of sulfonamides is 1. The number of hydrogen-bond donors (Lipinski definition) is 0. The molecular weight excluding hydrogens is 464 g/mol. The maximum absolute atomic E-state index is 13.3. The third-order valence-corrected chi connectivity index (χ3v) is 8.69. The number of fused-ring (bicyclic) bond motifs is 1. The summed E-state index contributed by atoms with van der Waals surface area (Å²) < 4.78 is 29.5. The number of piperazine rings is 1. The molecule has 5 rings (SSSR count). The van der Waals surface area contributed by atoms with E-state index < -0.39 is 21.4 Å². The SMILES string of the molecule is Cc1cc(=O)c(C(=O)N2CCN(S(=O)(=O)c3ccc4c(c3)CCCC4)CC2)nn1-c1ccccc1. The molecule has 1 aromatic heterocycles. The minimum Gasteiger partial charge on any atom is -0.334 e. The number of para-hydroxylation sites is 1.